The lowest BCUT2D eigenvalue weighted by Crippen LogP contribution is -2.44. The molecule has 5 heteroatoms. The summed E-state index contributed by atoms with van der Waals surface area (Å²) in [5.41, 5.74) is 0. The van der Waals surface area contributed by atoms with Crippen LogP contribution < -0.4 is 0 Å². The molecule has 1 atom stereocenters. The third-order valence-electron chi connectivity index (χ3n) is 4.14. The van der Waals surface area contributed by atoms with E-state index in [0.29, 0.717) is 38.4 Å². The molecule has 2 aliphatic heterocycles. The molecule has 2 rings (SSSR count). The molecule has 0 radical (unpaired) electrons. The van der Waals surface area contributed by atoms with Gasteiger partial charge in [0, 0.05) is 39.0 Å². The van der Waals surface area contributed by atoms with Gasteiger partial charge in [-0.1, -0.05) is 0 Å². The molecule has 2 saturated heterocycles. The second-order valence-corrected chi connectivity index (χ2v) is 6.03. The Bertz CT molecular complexity index is 336. The molecule has 0 saturated carbocycles. The average Bonchev–Trinajstić information content (AvgIpc) is 2.75. The quantitative estimate of drug-likeness (QED) is 0.722. The van der Waals surface area contributed by atoms with E-state index in [1.165, 1.54) is 13.0 Å². The van der Waals surface area contributed by atoms with E-state index >= 15 is 0 Å². The van der Waals surface area contributed by atoms with Crippen LogP contribution in [0.3, 0.4) is 0 Å². The molecule has 0 aromatic rings. The first-order valence-electron chi connectivity index (χ1n) is 7.21. The van der Waals surface area contributed by atoms with Crippen molar-refractivity contribution in [3.63, 3.8) is 0 Å². The lowest BCUT2D eigenvalue weighted by Gasteiger charge is -2.28. The van der Waals surface area contributed by atoms with Gasteiger partial charge in [0.15, 0.2) is 0 Å². The fraction of sp³-hybridized carbons (Fsp3) is 0.857. The van der Waals surface area contributed by atoms with Crippen LogP contribution in [0.5, 0.6) is 0 Å². The molecule has 0 aromatic heterocycles. The number of carbonyl (C=O) groups is 2. The van der Waals surface area contributed by atoms with Crippen LogP contribution >= 0.6 is 0 Å². The zero-order valence-electron chi connectivity index (χ0n) is 12.1. The molecule has 5 nitrogen and oxygen atoms in total. The smallest absolute Gasteiger partial charge is 0.236 e. The number of hydrogen-bond donors (Lipinski definition) is 0. The number of hydrogen-bond acceptors (Lipinski definition) is 4. The number of rotatable bonds is 4. The lowest BCUT2D eigenvalue weighted by atomic mass is 10.1. The van der Waals surface area contributed by atoms with Crippen molar-refractivity contribution in [1.82, 2.24) is 14.7 Å². The van der Waals surface area contributed by atoms with E-state index in [-0.39, 0.29) is 11.7 Å². The van der Waals surface area contributed by atoms with E-state index in [4.69, 9.17) is 0 Å². The van der Waals surface area contributed by atoms with E-state index in [0.717, 1.165) is 13.1 Å². The summed E-state index contributed by atoms with van der Waals surface area (Å²) >= 11 is 0. The number of piperidine rings is 1. The van der Waals surface area contributed by atoms with E-state index in [9.17, 15) is 9.59 Å². The van der Waals surface area contributed by atoms with Gasteiger partial charge in [-0.2, -0.15) is 0 Å². The summed E-state index contributed by atoms with van der Waals surface area (Å²) in [5, 5.41) is 0. The molecular formula is C14H25N3O2. The minimum atomic E-state index is 0.168. The predicted molar refractivity (Wildman–Crippen MR) is 73.9 cm³/mol. The molecule has 2 aliphatic rings. The number of likely N-dealkylation sites (N-methyl/N-ethyl adjacent to an activating group) is 1. The summed E-state index contributed by atoms with van der Waals surface area (Å²) in [5.74, 6) is 1.14. The predicted octanol–water partition coefficient (Wildman–Crippen LogP) is 0.0614. The zero-order valence-corrected chi connectivity index (χ0v) is 12.1. The minimum absolute atomic E-state index is 0.168. The Morgan fingerprint density at radius 1 is 1.32 bits per heavy atom. The monoisotopic (exact) mass is 267 g/mol. The number of likely N-dealkylation sites (tertiary alicyclic amines) is 2. The molecule has 108 valence electrons. The first kappa shape index (κ1) is 14.5. The highest BCUT2D eigenvalue weighted by atomic mass is 16.2. The van der Waals surface area contributed by atoms with Crippen molar-refractivity contribution in [3.05, 3.63) is 0 Å². The van der Waals surface area contributed by atoms with Crippen molar-refractivity contribution in [2.75, 3.05) is 53.4 Å². The Kier molecular flexibility index (Phi) is 4.93. The second kappa shape index (κ2) is 6.48. The summed E-state index contributed by atoms with van der Waals surface area (Å²) in [6.07, 6.45) is 2.29. The van der Waals surface area contributed by atoms with Crippen molar-refractivity contribution in [2.24, 2.45) is 5.92 Å². The zero-order chi connectivity index (χ0) is 13.8. The van der Waals surface area contributed by atoms with Crippen molar-refractivity contribution < 1.29 is 9.59 Å². The van der Waals surface area contributed by atoms with Crippen molar-refractivity contribution in [1.29, 1.82) is 0 Å². The Balaban J connectivity index is 1.71. The van der Waals surface area contributed by atoms with Gasteiger partial charge in [0.2, 0.25) is 5.91 Å². The van der Waals surface area contributed by atoms with Gasteiger partial charge in [0.1, 0.15) is 5.78 Å². The highest BCUT2D eigenvalue weighted by Crippen LogP contribution is 2.15. The number of Topliss-reactive ketones (excluding diaryl/α,β-unsaturated/α-hetero) is 1. The maximum atomic E-state index is 12.1. The van der Waals surface area contributed by atoms with Crippen LogP contribution in [-0.2, 0) is 9.59 Å². The number of nitrogens with zero attached hydrogens (tertiary/aromatic N) is 3. The standard InChI is InChI=1S/C14H25N3O2/c1-15-6-3-12(9-15)10-16(2)11-14(19)17-7-4-13(18)5-8-17/h12H,3-11H2,1-2H3. The lowest BCUT2D eigenvalue weighted by molar-refractivity contribution is -0.135. The molecule has 0 bridgehead atoms. The van der Waals surface area contributed by atoms with Gasteiger partial charge >= 0.3 is 0 Å². The molecular weight excluding hydrogens is 242 g/mol. The Hall–Kier alpha value is -0.940. The molecule has 0 spiro atoms. The van der Waals surface area contributed by atoms with E-state index in [1.54, 1.807) is 0 Å². The third kappa shape index (κ3) is 4.28. The highest BCUT2D eigenvalue weighted by molar-refractivity contribution is 5.84. The van der Waals surface area contributed by atoms with E-state index < -0.39 is 0 Å². The van der Waals surface area contributed by atoms with Gasteiger partial charge in [-0.25, -0.2) is 0 Å². The Morgan fingerprint density at radius 3 is 2.58 bits per heavy atom. The van der Waals surface area contributed by atoms with Crippen molar-refractivity contribution in [3.8, 4) is 0 Å². The summed E-state index contributed by atoms with van der Waals surface area (Å²) in [6.45, 7) is 4.99. The van der Waals surface area contributed by atoms with Gasteiger partial charge in [-0.15, -0.1) is 0 Å². The molecule has 2 fully saturated rings. The third-order valence-corrected chi connectivity index (χ3v) is 4.14. The van der Waals surface area contributed by atoms with Gasteiger partial charge in [-0.05, 0) is 33.0 Å². The van der Waals surface area contributed by atoms with E-state index in [1.807, 2.05) is 11.9 Å². The average molecular weight is 267 g/mol. The number of carbonyl (C=O) groups excluding carboxylic acids is 2. The molecule has 2 heterocycles. The molecule has 1 amide bonds. The first-order valence-corrected chi connectivity index (χ1v) is 7.21. The van der Waals surface area contributed by atoms with Gasteiger partial charge in [-0.3, -0.25) is 14.5 Å². The molecule has 0 N–H and O–H groups in total. The fourth-order valence-electron chi connectivity index (χ4n) is 3.02. The molecule has 0 aliphatic carbocycles. The van der Waals surface area contributed by atoms with Crippen LogP contribution in [0.2, 0.25) is 0 Å². The summed E-state index contributed by atoms with van der Waals surface area (Å²) in [7, 11) is 4.17. The maximum absolute atomic E-state index is 12.1. The summed E-state index contributed by atoms with van der Waals surface area (Å²) in [6, 6.07) is 0. The van der Waals surface area contributed by atoms with Crippen LogP contribution in [0, 0.1) is 5.92 Å². The number of amides is 1. The molecule has 0 aromatic carbocycles. The van der Waals surface area contributed by atoms with Crippen LogP contribution in [0.15, 0.2) is 0 Å². The van der Waals surface area contributed by atoms with Crippen LogP contribution in [0.4, 0.5) is 0 Å². The van der Waals surface area contributed by atoms with Crippen LogP contribution in [-0.4, -0.2) is 79.8 Å². The van der Waals surface area contributed by atoms with Gasteiger partial charge in [0.05, 0.1) is 6.54 Å². The molecule has 1 unspecified atom stereocenters. The highest BCUT2D eigenvalue weighted by Gasteiger charge is 2.24. The van der Waals surface area contributed by atoms with Crippen LogP contribution in [0.1, 0.15) is 19.3 Å². The normalized spacial score (nSPS) is 25.3. The minimum Gasteiger partial charge on any atom is -0.341 e. The van der Waals surface area contributed by atoms with Crippen molar-refractivity contribution in [2.45, 2.75) is 19.3 Å². The Morgan fingerprint density at radius 2 is 2.00 bits per heavy atom. The fourth-order valence-corrected chi connectivity index (χ4v) is 3.02. The summed E-state index contributed by atoms with van der Waals surface area (Å²) in [4.78, 5) is 29.6. The maximum Gasteiger partial charge on any atom is 0.236 e. The first-order chi connectivity index (χ1) is 9.04. The summed E-state index contributed by atoms with van der Waals surface area (Å²) < 4.78 is 0. The second-order valence-electron chi connectivity index (χ2n) is 6.03. The molecule has 19 heavy (non-hydrogen) atoms. The largest absolute Gasteiger partial charge is 0.341 e. The SMILES string of the molecule is CN1CCC(CN(C)CC(=O)N2CCC(=O)CC2)C1. The van der Waals surface area contributed by atoms with Gasteiger partial charge < -0.3 is 9.80 Å². The van der Waals surface area contributed by atoms with Gasteiger partial charge in [0.25, 0.3) is 0 Å². The van der Waals surface area contributed by atoms with E-state index in [2.05, 4.69) is 16.8 Å². The topological polar surface area (TPSA) is 43.9 Å². The number of ketones is 1. The van der Waals surface area contributed by atoms with Crippen LogP contribution in [0.25, 0.3) is 0 Å². The Labute approximate surface area is 115 Å². The van der Waals surface area contributed by atoms with Crippen molar-refractivity contribution >= 4 is 11.7 Å².